The normalized spacial score (nSPS) is 15.4. The van der Waals surface area contributed by atoms with Crippen LogP contribution in [0.5, 0.6) is 5.75 Å². The molecule has 1 aliphatic rings. The molecule has 1 amide bonds. The number of carbonyl (C=O) groups excluding carboxylic acids is 1. The number of halogens is 1. The fourth-order valence-corrected chi connectivity index (χ4v) is 3.46. The van der Waals surface area contributed by atoms with E-state index in [0.29, 0.717) is 42.7 Å². The number of amides is 1. The molecular formula is C20H22ClN3O4. The second-order valence-corrected chi connectivity index (χ2v) is 8.05. The Hall–Kier alpha value is -2.51. The van der Waals surface area contributed by atoms with Gasteiger partial charge in [0, 0.05) is 40.6 Å². The lowest BCUT2D eigenvalue weighted by atomic mass is 9.85. The van der Waals surface area contributed by atoms with Crippen molar-refractivity contribution in [1.82, 2.24) is 15.5 Å². The van der Waals surface area contributed by atoms with Crippen LogP contribution < -0.4 is 10.1 Å². The molecule has 2 aromatic heterocycles. The molecule has 28 heavy (non-hydrogen) atoms. The van der Waals surface area contributed by atoms with Crippen LogP contribution in [0.1, 0.15) is 30.5 Å². The summed E-state index contributed by atoms with van der Waals surface area (Å²) in [5.74, 6) is 1.21. The highest BCUT2D eigenvalue weighted by Gasteiger charge is 2.35. The number of aryl methyl sites for hydroxylation is 1. The molecule has 0 unspecified atom stereocenters. The molecule has 0 radical (unpaired) electrons. The van der Waals surface area contributed by atoms with Crippen molar-refractivity contribution in [3.05, 3.63) is 46.4 Å². The third kappa shape index (κ3) is 4.15. The van der Waals surface area contributed by atoms with Gasteiger partial charge in [0.1, 0.15) is 12.4 Å². The third-order valence-corrected chi connectivity index (χ3v) is 5.04. The van der Waals surface area contributed by atoms with Crippen LogP contribution in [0.25, 0.3) is 10.9 Å². The maximum Gasteiger partial charge on any atom is 0.221 e. The topological polar surface area (TPSA) is 89.4 Å². The predicted molar refractivity (Wildman–Crippen MR) is 104 cm³/mol. The number of hydrogen-bond donors (Lipinski definition) is 2. The monoisotopic (exact) mass is 403 g/mol. The molecule has 1 fully saturated rings. The highest BCUT2D eigenvalue weighted by atomic mass is 35.5. The Labute approximate surface area is 167 Å². The van der Waals surface area contributed by atoms with Gasteiger partial charge in [-0.25, -0.2) is 0 Å². The number of carbonyl (C=O) groups is 1. The number of rotatable bonds is 7. The van der Waals surface area contributed by atoms with Crippen molar-refractivity contribution in [2.75, 3.05) is 13.2 Å². The van der Waals surface area contributed by atoms with E-state index < -0.39 is 0 Å². The van der Waals surface area contributed by atoms with Crippen LogP contribution in [0.4, 0.5) is 0 Å². The van der Waals surface area contributed by atoms with Crippen LogP contribution >= 0.6 is 11.6 Å². The van der Waals surface area contributed by atoms with E-state index in [0.717, 1.165) is 22.3 Å². The molecule has 0 atom stereocenters. The lowest BCUT2D eigenvalue weighted by Gasteiger charge is -2.37. The number of hydrogen-bond acceptors (Lipinski definition) is 5. The summed E-state index contributed by atoms with van der Waals surface area (Å²) in [7, 11) is 0. The zero-order valence-corrected chi connectivity index (χ0v) is 16.6. The Morgan fingerprint density at radius 3 is 2.86 bits per heavy atom. The molecule has 0 saturated carbocycles. The molecule has 0 aliphatic carbocycles. The molecule has 4 rings (SSSR count). The first-order chi connectivity index (χ1) is 13.4. The Morgan fingerprint density at radius 1 is 1.36 bits per heavy atom. The van der Waals surface area contributed by atoms with Gasteiger partial charge in [-0.1, -0.05) is 23.7 Å². The maximum atomic E-state index is 12.1. The van der Waals surface area contributed by atoms with Gasteiger partial charge >= 0.3 is 0 Å². The fraction of sp³-hybridized carbons (Fsp3) is 0.400. The van der Waals surface area contributed by atoms with Crippen LogP contribution in [-0.4, -0.2) is 29.3 Å². The minimum atomic E-state index is -0.0354. The van der Waals surface area contributed by atoms with Crippen molar-refractivity contribution >= 4 is 28.4 Å². The van der Waals surface area contributed by atoms with Crippen molar-refractivity contribution in [1.29, 1.82) is 0 Å². The van der Waals surface area contributed by atoms with Gasteiger partial charge in [0.15, 0.2) is 5.76 Å². The molecule has 0 bridgehead atoms. The highest BCUT2D eigenvalue weighted by Crippen LogP contribution is 2.32. The van der Waals surface area contributed by atoms with Gasteiger partial charge in [0.05, 0.1) is 30.5 Å². The summed E-state index contributed by atoms with van der Waals surface area (Å²) in [4.78, 5) is 15.4. The van der Waals surface area contributed by atoms with Crippen molar-refractivity contribution in [2.45, 2.75) is 33.4 Å². The number of nitrogens with zero attached hydrogens (tertiary/aromatic N) is 1. The summed E-state index contributed by atoms with van der Waals surface area (Å²) >= 11 is 6.34. The largest absolute Gasteiger partial charge is 0.484 e. The smallest absolute Gasteiger partial charge is 0.221 e. The number of H-pyrrole nitrogens is 1. The minimum Gasteiger partial charge on any atom is -0.484 e. The molecule has 3 heterocycles. The average Bonchev–Trinajstić information content (AvgIpc) is 3.21. The van der Waals surface area contributed by atoms with E-state index in [-0.39, 0.29) is 17.9 Å². The molecule has 148 valence electrons. The fourth-order valence-electron chi connectivity index (χ4n) is 3.23. The van der Waals surface area contributed by atoms with Crippen molar-refractivity contribution < 1.29 is 18.8 Å². The summed E-state index contributed by atoms with van der Waals surface area (Å²) < 4.78 is 16.1. The van der Waals surface area contributed by atoms with Gasteiger partial charge in [0.2, 0.25) is 5.91 Å². The first-order valence-corrected chi connectivity index (χ1v) is 9.49. The van der Waals surface area contributed by atoms with E-state index in [4.69, 9.17) is 25.6 Å². The van der Waals surface area contributed by atoms with Crippen LogP contribution in [0.2, 0.25) is 5.02 Å². The molecule has 1 saturated heterocycles. The molecule has 2 N–H and O–H groups in total. The van der Waals surface area contributed by atoms with Gasteiger partial charge in [-0.3, -0.25) is 4.79 Å². The second kappa shape index (κ2) is 7.48. The lowest BCUT2D eigenvalue weighted by molar-refractivity contribution is -0.138. The van der Waals surface area contributed by atoms with E-state index in [1.54, 1.807) is 0 Å². The molecule has 0 spiro atoms. The van der Waals surface area contributed by atoms with E-state index in [1.165, 1.54) is 0 Å². The summed E-state index contributed by atoms with van der Waals surface area (Å²) in [6, 6.07) is 7.47. The van der Waals surface area contributed by atoms with Crippen LogP contribution in [0, 0.1) is 12.3 Å². The van der Waals surface area contributed by atoms with Gasteiger partial charge in [-0.05, 0) is 19.1 Å². The quantitative estimate of drug-likeness (QED) is 0.627. The Morgan fingerprint density at radius 2 is 2.18 bits per heavy atom. The molecule has 8 heteroatoms. The van der Waals surface area contributed by atoms with Gasteiger partial charge in [-0.15, -0.1) is 0 Å². The minimum absolute atomic E-state index is 0.0221. The molecule has 1 aliphatic heterocycles. The molecule has 7 nitrogen and oxygen atoms in total. The van der Waals surface area contributed by atoms with Crippen molar-refractivity contribution in [3.8, 4) is 5.75 Å². The highest BCUT2D eigenvalue weighted by molar-refractivity contribution is 6.32. The Kier molecular flexibility index (Phi) is 5.03. The maximum absolute atomic E-state index is 12.1. The molecular weight excluding hydrogens is 382 g/mol. The number of fused-ring (bicyclic) bond motifs is 1. The molecule has 1 aromatic carbocycles. The summed E-state index contributed by atoms with van der Waals surface area (Å²) in [5, 5.41) is 8.25. The first-order valence-electron chi connectivity index (χ1n) is 9.11. The Bertz CT molecular complexity index is 1010. The number of aromatic nitrogens is 2. The van der Waals surface area contributed by atoms with E-state index in [1.807, 2.05) is 31.2 Å². The number of benzene rings is 1. The number of aromatic amines is 1. The summed E-state index contributed by atoms with van der Waals surface area (Å²) in [6.45, 7) is 5.87. The first kappa shape index (κ1) is 18.8. The van der Waals surface area contributed by atoms with Crippen molar-refractivity contribution in [2.24, 2.45) is 5.41 Å². The van der Waals surface area contributed by atoms with Gasteiger partial charge in [0.25, 0.3) is 0 Å². The van der Waals surface area contributed by atoms with E-state index in [9.17, 15) is 4.79 Å². The van der Waals surface area contributed by atoms with Crippen LogP contribution in [0.3, 0.4) is 0 Å². The zero-order valence-electron chi connectivity index (χ0n) is 15.8. The summed E-state index contributed by atoms with van der Waals surface area (Å²) in [5.41, 5.74) is 2.55. The van der Waals surface area contributed by atoms with Gasteiger partial charge < -0.3 is 24.3 Å². The number of ether oxygens (including phenoxy) is 2. The molecule has 3 aromatic rings. The van der Waals surface area contributed by atoms with Crippen LogP contribution in [0.15, 0.2) is 28.8 Å². The number of nitrogens with one attached hydrogen (secondary N) is 2. The van der Waals surface area contributed by atoms with E-state index in [2.05, 4.69) is 22.4 Å². The van der Waals surface area contributed by atoms with E-state index >= 15 is 0 Å². The lowest BCUT2D eigenvalue weighted by Crippen LogP contribution is -2.43. The van der Waals surface area contributed by atoms with Crippen LogP contribution in [-0.2, 0) is 22.7 Å². The standard InChI is InChI=1S/C20H22ClN3O4/c1-12-3-15(28-24-12)9-27-18-6-17-13(5-16(18)21)4-14(23-17)8-22-19(25)7-20(2)10-26-11-20/h3-6,23H,7-11H2,1-2H3,(H,22,25). The SMILES string of the molecule is Cc1cc(COc2cc3[nH]c(CNC(=O)CC4(C)COC4)cc3cc2Cl)on1. The van der Waals surface area contributed by atoms with Gasteiger partial charge in [-0.2, -0.15) is 0 Å². The van der Waals surface area contributed by atoms with Crippen molar-refractivity contribution in [3.63, 3.8) is 0 Å². The third-order valence-electron chi connectivity index (χ3n) is 4.74. The Balaban J connectivity index is 1.39. The second-order valence-electron chi connectivity index (χ2n) is 7.64. The predicted octanol–water partition coefficient (Wildman–Crippen LogP) is 3.74. The average molecular weight is 404 g/mol. The zero-order chi connectivity index (χ0) is 19.7. The summed E-state index contributed by atoms with van der Waals surface area (Å²) in [6.07, 6.45) is 0.470.